The van der Waals surface area contributed by atoms with E-state index in [1.807, 2.05) is 21.0 Å². The molecule has 0 aliphatic heterocycles. The molecule has 0 fully saturated rings. The number of amides is 1. The summed E-state index contributed by atoms with van der Waals surface area (Å²) in [6, 6.07) is 0.203. The quantitative estimate of drug-likeness (QED) is 0.670. The van der Waals surface area contributed by atoms with E-state index in [-0.39, 0.29) is 11.9 Å². The van der Waals surface area contributed by atoms with E-state index >= 15 is 0 Å². The van der Waals surface area contributed by atoms with Gasteiger partial charge in [0.2, 0.25) is 5.91 Å². The van der Waals surface area contributed by atoms with E-state index in [1.54, 1.807) is 7.05 Å². The fraction of sp³-hybridized carbons (Fsp3) is 0.909. The van der Waals surface area contributed by atoms with E-state index in [9.17, 15) is 4.79 Å². The zero-order valence-electron chi connectivity index (χ0n) is 10.8. The standard InChI is InChI=1S/C11H25N3O/c1-8(2)10(7-14(5)6)13-9(3)11(15)12-4/h8-10,13H,7H2,1-6H3,(H,12,15). The highest BCUT2D eigenvalue weighted by atomic mass is 16.2. The maximum atomic E-state index is 11.4. The Morgan fingerprint density at radius 3 is 2.13 bits per heavy atom. The number of hydrogen-bond donors (Lipinski definition) is 2. The first kappa shape index (κ1) is 14.4. The molecule has 90 valence electrons. The summed E-state index contributed by atoms with van der Waals surface area (Å²) in [6.45, 7) is 7.17. The first-order valence-corrected chi connectivity index (χ1v) is 5.50. The van der Waals surface area contributed by atoms with Gasteiger partial charge in [0.05, 0.1) is 6.04 Å². The molecule has 0 bridgehead atoms. The van der Waals surface area contributed by atoms with Gasteiger partial charge < -0.3 is 15.5 Å². The van der Waals surface area contributed by atoms with Crippen LogP contribution in [0.15, 0.2) is 0 Å². The molecule has 15 heavy (non-hydrogen) atoms. The van der Waals surface area contributed by atoms with Gasteiger partial charge in [0.25, 0.3) is 0 Å². The molecule has 0 aromatic rings. The van der Waals surface area contributed by atoms with Crippen LogP contribution in [0.1, 0.15) is 20.8 Å². The highest BCUT2D eigenvalue weighted by molar-refractivity contribution is 5.80. The van der Waals surface area contributed by atoms with Crippen molar-refractivity contribution in [1.82, 2.24) is 15.5 Å². The topological polar surface area (TPSA) is 44.4 Å². The summed E-state index contributed by atoms with van der Waals surface area (Å²) in [5, 5.41) is 5.99. The van der Waals surface area contributed by atoms with Crippen LogP contribution in [-0.4, -0.2) is 50.6 Å². The number of rotatable bonds is 6. The van der Waals surface area contributed by atoms with Gasteiger partial charge in [0, 0.05) is 19.6 Å². The van der Waals surface area contributed by atoms with E-state index < -0.39 is 0 Å². The van der Waals surface area contributed by atoms with Crippen molar-refractivity contribution in [2.24, 2.45) is 5.92 Å². The van der Waals surface area contributed by atoms with Crippen molar-refractivity contribution in [2.45, 2.75) is 32.9 Å². The molecule has 0 spiro atoms. The molecule has 0 aliphatic carbocycles. The molecule has 0 aromatic heterocycles. The largest absolute Gasteiger partial charge is 0.358 e. The third kappa shape index (κ3) is 5.74. The van der Waals surface area contributed by atoms with Crippen molar-refractivity contribution in [3.8, 4) is 0 Å². The minimum Gasteiger partial charge on any atom is -0.358 e. The van der Waals surface area contributed by atoms with Gasteiger partial charge >= 0.3 is 0 Å². The van der Waals surface area contributed by atoms with E-state index in [1.165, 1.54) is 0 Å². The van der Waals surface area contributed by atoms with Gasteiger partial charge in [-0.2, -0.15) is 0 Å². The maximum absolute atomic E-state index is 11.4. The SMILES string of the molecule is CNC(=O)C(C)NC(CN(C)C)C(C)C. The number of nitrogens with zero attached hydrogens (tertiary/aromatic N) is 1. The second-order valence-corrected chi connectivity index (χ2v) is 4.62. The molecule has 4 nitrogen and oxygen atoms in total. The Labute approximate surface area is 93.4 Å². The summed E-state index contributed by atoms with van der Waals surface area (Å²) in [4.78, 5) is 13.5. The fourth-order valence-electron chi connectivity index (χ4n) is 1.46. The Morgan fingerprint density at radius 1 is 1.27 bits per heavy atom. The second-order valence-electron chi connectivity index (χ2n) is 4.62. The van der Waals surface area contributed by atoms with Gasteiger partial charge in [0.1, 0.15) is 0 Å². The average Bonchev–Trinajstić information content (AvgIpc) is 2.14. The molecule has 0 aliphatic rings. The molecule has 0 saturated heterocycles. The molecule has 2 N–H and O–H groups in total. The maximum Gasteiger partial charge on any atom is 0.236 e. The molecule has 2 atom stereocenters. The molecule has 0 radical (unpaired) electrons. The van der Waals surface area contributed by atoms with Crippen LogP contribution >= 0.6 is 0 Å². The summed E-state index contributed by atoms with van der Waals surface area (Å²) < 4.78 is 0. The van der Waals surface area contributed by atoms with E-state index in [4.69, 9.17) is 0 Å². The zero-order valence-corrected chi connectivity index (χ0v) is 10.8. The van der Waals surface area contributed by atoms with E-state index in [2.05, 4.69) is 29.4 Å². The van der Waals surface area contributed by atoms with Crippen LogP contribution < -0.4 is 10.6 Å². The Bertz CT molecular complexity index is 192. The molecule has 4 heteroatoms. The lowest BCUT2D eigenvalue weighted by Gasteiger charge is -2.28. The molecule has 0 aromatic carbocycles. The number of hydrogen-bond acceptors (Lipinski definition) is 3. The van der Waals surface area contributed by atoms with Crippen molar-refractivity contribution in [3.63, 3.8) is 0 Å². The van der Waals surface area contributed by atoms with Crippen LogP contribution in [0.25, 0.3) is 0 Å². The Balaban J connectivity index is 4.22. The van der Waals surface area contributed by atoms with Crippen LogP contribution in [0.3, 0.4) is 0 Å². The Kier molecular flexibility index (Phi) is 6.52. The van der Waals surface area contributed by atoms with Gasteiger partial charge in [0.15, 0.2) is 0 Å². The van der Waals surface area contributed by atoms with Gasteiger partial charge in [-0.05, 0) is 26.9 Å². The van der Waals surface area contributed by atoms with Crippen LogP contribution in [0.4, 0.5) is 0 Å². The normalized spacial score (nSPS) is 15.5. The van der Waals surface area contributed by atoms with Crippen LogP contribution in [-0.2, 0) is 4.79 Å². The lowest BCUT2D eigenvalue weighted by molar-refractivity contribution is -0.122. The number of carbonyl (C=O) groups is 1. The molecule has 0 saturated carbocycles. The summed E-state index contributed by atoms with van der Waals surface area (Å²) >= 11 is 0. The van der Waals surface area contributed by atoms with Crippen molar-refractivity contribution < 1.29 is 4.79 Å². The van der Waals surface area contributed by atoms with E-state index in [0.29, 0.717) is 12.0 Å². The van der Waals surface area contributed by atoms with Crippen LogP contribution in [0.5, 0.6) is 0 Å². The number of nitrogens with one attached hydrogen (secondary N) is 2. The zero-order chi connectivity index (χ0) is 12.0. The fourth-order valence-corrected chi connectivity index (χ4v) is 1.46. The van der Waals surface area contributed by atoms with Crippen LogP contribution in [0, 0.1) is 5.92 Å². The minimum absolute atomic E-state index is 0.0411. The monoisotopic (exact) mass is 215 g/mol. The van der Waals surface area contributed by atoms with Crippen molar-refractivity contribution in [2.75, 3.05) is 27.7 Å². The van der Waals surface area contributed by atoms with Gasteiger partial charge in [-0.15, -0.1) is 0 Å². The lowest BCUT2D eigenvalue weighted by atomic mass is 10.0. The molecule has 0 rings (SSSR count). The predicted octanol–water partition coefficient (Wildman–Crippen LogP) is 0.297. The minimum atomic E-state index is -0.137. The lowest BCUT2D eigenvalue weighted by Crippen LogP contribution is -2.51. The number of likely N-dealkylation sites (N-methyl/N-ethyl adjacent to an activating group) is 2. The first-order chi connectivity index (χ1) is 6.88. The highest BCUT2D eigenvalue weighted by Crippen LogP contribution is 2.04. The van der Waals surface area contributed by atoms with Crippen molar-refractivity contribution >= 4 is 5.91 Å². The van der Waals surface area contributed by atoms with Gasteiger partial charge in [-0.1, -0.05) is 13.8 Å². The summed E-state index contributed by atoms with van der Waals surface area (Å²) in [7, 11) is 5.75. The highest BCUT2D eigenvalue weighted by Gasteiger charge is 2.19. The summed E-state index contributed by atoms with van der Waals surface area (Å²) in [5.41, 5.74) is 0. The summed E-state index contributed by atoms with van der Waals surface area (Å²) in [5.74, 6) is 0.555. The van der Waals surface area contributed by atoms with Crippen molar-refractivity contribution in [1.29, 1.82) is 0 Å². The molecular weight excluding hydrogens is 190 g/mol. The van der Waals surface area contributed by atoms with Crippen LogP contribution in [0.2, 0.25) is 0 Å². The first-order valence-electron chi connectivity index (χ1n) is 5.50. The van der Waals surface area contributed by atoms with Gasteiger partial charge in [-0.3, -0.25) is 4.79 Å². The molecular formula is C11H25N3O. The molecule has 0 heterocycles. The second kappa shape index (κ2) is 6.80. The third-order valence-electron chi connectivity index (χ3n) is 2.47. The van der Waals surface area contributed by atoms with Crippen molar-refractivity contribution in [3.05, 3.63) is 0 Å². The van der Waals surface area contributed by atoms with Gasteiger partial charge in [-0.25, -0.2) is 0 Å². The Morgan fingerprint density at radius 2 is 1.80 bits per heavy atom. The predicted molar refractivity (Wildman–Crippen MR) is 63.8 cm³/mol. The third-order valence-corrected chi connectivity index (χ3v) is 2.47. The molecule has 1 amide bonds. The Hall–Kier alpha value is -0.610. The number of carbonyl (C=O) groups excluding carboxylic acids is 1. The smallest absolute Gasteiger partial charge is 0.236 e. The summed E-state index contributed by atoms with van der Waals surface area (Å²) in [6.07, 6.45) is 0. The molecule has 2 unspecified atom stereocenters. The van der Waals surface area contributed by atoms with E-state index in [0.717, 1.165) is 6.54 Å². The average molecular weight is 215 g/mol.